The van der Waals surface area contributed by atoms with Gasteiger partial charge >= 0.3 is 12.1 Å². The van der Waals surface area contributed by atoms with E-state index in [1.807, 2.05) is 31.2 Å². The molecule has 7 nitrogen and oxygen atoms in total. The van der Waals surface area contributed by atoms with E-state index in [4.69, 9.17) is 9.47 Å². The van der Waals surface area contributed by atoms with Crippen molar-refractivity contribution in [2.75, 3.05) is 30.4 Å². The first kappa shape index (κ1) is 30.6. The van der Waals surface area contributed by atoms with Crippen LogP contribution in [0.2, 0.25) is 0 Å². The van der Waals surface area contributed by atoms with E-state index in [9.17, 15) is 18.0 Å². The molecule has 0 aliphatic heterocycles. The van der Waals surface area contributed by atoms with Gasteiger partial charge in [-0.3, -0.25) is 4.79 Å². The molecule has 0 saturated heterocycles. The maximum atomic E-state index is 12.0. The van der Waals surface area contributed by atoms with Crippen LogP contribution in [-0.2, 0) is 24.1 Å². The third kappa shape index (κ3) is 9.35. The molecule has 9 heteroatoms. The number of benzene rings is 3. The van der Waals surface area contributed by atoms with Crippen molar-refractivity contribution in [2.24, 2.45) is 0 Å². The Morgan fingerprint density at radius 1 is 0.872 bits per heavy atom. The zero-order chi connectivity index (χ0) is 28.3. The van der Waals surface area contributed by atoms with Gasteiger partial charge in [0.1, 0.15) is 13.2 Å². The van der Waals surface area contributed by atoms with Crippen LogP contribution in [0, 0.1) is 6.92 Å². The highest BCUT2D eigenvalue weighted by Gasteiger charge is 2.28. The molecule has 0 aromatic heterocycles. The smallest absolute Gasteiger partial charge is 0.407 e. The molecule has 1 aliphatic rings. The number of halogens is 1. The minimum atomic E-state index is -3.02. The van der Waals surface area contributed by atoms with E-state index in [1.54, 1.807) is 24.3 Å². The number of hydrogen-bond acceptors (Lipinski definition) is 6. The number of rotatable bonds is 10. The van der Waals surface area contributed by atoms with Crippen LogP contribution in [-0.4, -0.2) is 50.9 Å². The Morgan fingerprint density at radius 2 is 1.46 bits per heavy atom. The summed E-state index contributed by atoms with van der Waals surface area (Å²) in [6.45, 7) is 3.17. The summed E-state index contributed by atoms with van der Waals surface area (Å²) in [5.74, 6) is -0.122. The molecule has 1 amide bonds. The average molecular weight is 664 g/mol. The molecule has 39 heavy (non-hydrogen) atoms. The standard InChI is InChI=1S/C22H24INO4.C8H10O2S/c23-12-14-27-21(25)11-5-6-13-24-22(26)28-15-20-18-9-3-1-7-16(18)17-8-2-4-10-19(17)20;1-7-3-5-8(6-4-7)11(2,9)10/h1-4,7-10,20H,5-6,11-15H2,(H,24,26);3-6H,1-2H3. The number of unbranched alkanes of at least 4 members (excludes halogenated alkanes) is 1. The number of nitrogens with one attached hydrogen (secondary N) is 1. The van der Waals surface area contributed by atoms with Crippen molar-refractivity contribution >= 4 is 44.5 Å². The number of carbonyl (C=O) groups excluding carboxylic acids is 2. The lowest BCUT2D eigenvalue weighted by molar-refractivity contribution is -0.143. The van der Waals surface area contributed by atoms with Crippen LogP contribution < -0.4 is 5.32 Å². The summed E-state index contributed by atoms with van der Waals surface area (Å²) in [5.41, 5.74) is 5.88. The van der Waals surface area contributed by atoms with E-state index in [2.05, 4.69) is 52.2 Å². The second-order valence-electron chi connectivity index (χ2n) is 9.20. The molecule has 0 fully saturated rings. The molecule has 0 atom stereocenters. The number of fused-ring (bicyclic) bond motifs is 3. The molecule has 3 aromatic carbocycles. The second kappa shape index (κ2) is 15.0. The quantitative estimate of drug-likeness (QED) is 0.122. The van der Waals surface area contributed by atoms with Crippen LogP contribution in [0.15, 0.2) is 77.7 Å². The number of aryl methyl sites for hydroxylation is 1. The van der Waals surface area contributed by atoms with Gasteiger partial charge in [-0.1, -0.05) is 88.8 Å². The van der Waals surface area contributed by atoms with E-state index in [0.717, 1.165) is 9.99 Å². The van der Waals surface area contributed by atoms with Crippen molar-refractivity contribution in [2.45, 2.75) is 37.0 Å². The Labute approximate surface area is 244 Å². The van der Waals surface area contributed by atoms with Gasteiger partial charge in [0.05, 0.1) is 4.90 Å². The van der Waals surface area contributed by atoms with Gasteiger partial charge in [-0.05, 0) is 54.2 Å². The lowest BCUT2D eigenvalue weighted by atomic mass is 9.98. The Balaban J connectivity index is 0.000000320. The normalized spacial score (nSPS) is 12.0. The summed E-state index contributed by atoms with van der Waals surface area (Å²) in [5, 5.41) is 2.76. The van der Waals surface area contributed by atoms with Crippen LogP contribution in [0.1, 0.15) is 41.9 Å². The summed E-state index contributed by atoms with van der Waals surface area (Å²) >= 11 is 2.16. The molecular formula is C30H34INO6S. The van der Waals surface area contributed by atoms with E-state index in [0.29, 0.717) is 43.9 Å². The largest absolute Gasteiger partial charge is 0.465 e. The van der Waals surface area contributed by atoms with Gasteiger partial charge in [0, 0.05) is 29.6 Å². The summed E-state index contributed by atoms with van der Waals surface area (Å²) in [6.07, 6.45) is 2.56. The zero-order valence-corrected chi connectivity index (χ0v) is 25.2. The highest BCUT2D eigenvalue weighted by Crippen LogP contribution is 2.44. The highest BCUT2D eigenvalue weighted by molar-refractivity contribution is 14.1. The van der Waals surface area contributed by atoms with E-state index in [1.165, 1.54) is 28.5 Å². The third-order valence-corrected chi connectivity index (χ3v) is 7.78. The number of carbonyl (C=O) groups is 2. The van der Waals surface area contributed by atoms with Crippen molar-refractivity contribution in [3.63, 3.8) is 0 Å². The maximum absolute atomic E-state index is 12.0. The molecule has 0 spiro atoms. The molecule has 3 aromatic rings. The topological polar surface area (TPSA) is 98.8 Å². The third-order valence-electron chi connectivity index (χ3n) is 6.21. The van der Waals surface area contributed by atoms with Gasteiger partial charge in [0.15, 0.2) is 9.84 Å². The predicted octanol–water partition coefficient (Wildman–Crippen LogP) is 6.07. The van der Waals surface area contributed by atoms with E-state index in [-0.39, 0.29) is 11.9 Å². The average Bonchev–Trinajstić information content (AvgIpc) is 3.24. The van der Waals surface area contributed by atoms with E-state index < -0.39 is 15.9 Å². The predicted molar refractivity (Wildman–Crippen MR) is 161 cm³/mol. The Kier molecular flexibility index (Phi) is 11.8. The maximum Gasteiger partial charge on any atom is 0.407 e. The number of alkyl halides is 1. The first-order valence-electron chi connectivity index (χ1n) is 12.8. The van der Waals surface area contributed by atoms with Crippen molar-refractivity contribution in [3.05, 3.63) is 89.5 Å². The van der Waals surface area contributed by atoms with Crippen LogP contribution in [0.3, 0.4) is 0 Å². The molecule has 1 N–H and O–H groups in total. The minimum absolute atomic E-state index is 0.0609. The van der Waals surface area contributed by atoms with Crippen LogP contribution >= 0.6 is 22.6 Å². The lowest BCUT2D eigenvalue weighted by Crippen LogP contribution is -2.27. The Morgan fingerprint density at radius 3 is 2.03 bits per heavy atom. The number of ether oxygens (including phenoxy) is 2. The van der Waals surface area contributed by atoms with Gasteiger partial charge in [-0.25, -0.2) is 13.2 Å². The fourth-order valence-electron chi connectivity index (χ4n) is 4.24. The molecule has 1 aliphatic carbocycles. The fourth-order valence-corrected chi connectivity index (χ4v) is 5.09. The van der Waals surface area contributed by atoms with Crippen molar-refractivity contribution < 1.29 is 27.5 Å². The zero-order valence-electron chi connectivity index (χ0n) is 22.2. The number of amides is 1. The number of sulfone groups is 1. The fraction of sp³-hybridized carbons (Fsp3) is 0.333. The second-order valence-corrected chi connectivity index (χ2v) is 12.3. The molecular weight excluding hydrogens is 629 g/mol. The molecule has 208 valence electrons. The van der Waals surface area contributed by atoms with Crippen molar-refractivity contribution in [3.8, 4) is 11.1 Å². The molecule has 0 heterocycles. The highest BCUT2D eigenvalue weighted by atomic mass is 127. The van der Waals surface area contributed by atoms with Gasteiger partial charge in [-0.2, -0.15) is 0 Å². The van der Waals surface area contributed by atoms with Gasteiger partial charge < -0.3 is 14.8 Å². The summed E-state index contributed by atoms with van der Waals surface area (Å²) in [6, 6.07) is 23.3. The molecule has 4 rings (SSSR count). The molecule has 0 saturated carbocycles. The van der Waals surface area contributed by atoms with Gasteiger partial charge in [0.25, 0.3) is 0 Å². The molecule has 0 radical (unpaired) electrons. The summed E-state index contributed by atoms with van der Waals surface area (Å²) in [7, 11) is -3.02. The van der Waals surface area contributed by atoms with Crippen molar-refractivity contribution in [1.29, 1.82) is 0 Å². The van der Waals surface area contributed by atoms with Crippen LogP contribution in [0.25, 0.3) is 11.1 Å². The Bertz CT molecular complexity index is 1310. The van der Waals surface area contributed by atoms with E-state index >= 15 is 0 Å². The van der Waals surface area contributed by atoms with Crippen LogP contribution in [0.4, 0.5) is 4.79 Å². The Hall–Kier alpha value is -2.92. The molecule has 0 bridgehead atoms. The first-order valence-corrected chi connectivity index (χ1v) is 16.2. The minimum Gasteiger partial charge on any atom is -0.465 e. The first-order chi connectivity index (χ1) is 18.7. The SMILES string of the molecule is Cc1ccc(S(C)(=O)=O)cc1.O=C(CCCCNC(=O)OCC1c2ccccc2-c2ccccc21)OCCI. The number of hydrogen-bond donors (Lipinski definition) is 1. The van der Waals surface area contributed by atoms with Crippen LogP contribution in [0.5, 0.6) is 0 Å². The monoisotopic (exact) mass is 663 g/mol. The van der Waals surface area contributed by atoms with Gasteiger partial charge in [0.2, 0.25) is 0 Å². The lowest BCUT2D eigenvalue weighted by Gasteiger charge is -2.14. The summed E-state index contributed by atoms with van der Waals surface area (Å²) < 4.78 is 33.2. The summed E-state index contributed by atoms with van der Waals surface area (Å²) in [4.78, 5) is 23.8. The van der Waals surface area contributed by atoms with Crippen molar-refractivity contribution in [1.82, 2.24) is 5.32 Å². The number of esters is 1. The molecule has 0 unspecified atom stereocenters. The number of alkyl carbamates (subject to hydrolysis) is 1. The van der Waals surface area contributed by atoms with Gasteiger partial charge in [-0.15, -0.1) is 0 Å².